The van der Waals surface area contributed by atoms with Crippen molar-refractivity contribution in [2.75, 3.05) is 31.6 Å². The fourth-order valence-electron chi connectivity index (χ4n) is 5.11. The molecule has 194 valence electrons. The molecule has 0 radical (unpaired) electrons. The van der Waals surface area contributed by atoms with Crippen LogP contribution in [0.1, 0.15) is 38.2 Å². The summed E-state index contributed by atoms with van der Waals surface area (Å²) in [5.41, 5.74) is 1.71. The van der Waals surface area contributed by atoms with Gasteiger partial charge in [-0.2, -0.15) is 0 Å². The van der Waals surface area contributed by atoms with Crippen LogP contribution in [0.3, 0.4) is 0 Å². The Kier molecular flexibility index (Phi) is 8.36. The lowest BCUT2D eigenvalue weighted by Crippen LogP contribution is -2.53. The van der Waals surface area contributed by atoms with Crippen LogP contribution in [-0.2, 0) is 11.3 Å². The summed E-state index contributed by atoms with van der Waals surface area (Å²) in [5, 5.41) is 9.86. The Bertz CT molecular complexity index is 1080. The second-order valence-corrected chi connectivity index (χ2v) is 10.2. The van der Waals surface area contributed by atoms with Crippen molar-refractivity contribution in [1.29, 1.82) is 0 Å². The van der Waals surface area contributed by atoms with Crippen molar-refractivity contribution in [2.45, 2.75) is 51.3 Å². The third-order valence-corrected chi connectivity index (χ3v) is 7.60. The van der Waals surface area contributed by atoms with Gasteiger partial charge in [-0.15, -0.1) is 0 Å². The van der Waals surface area contributed by atoms with Gasteiger partial charge in [0.1, 0.15) is 11.6 Å². The van der Waals surface area contributed by atoms with E-state index in [1.54, 1.807) is 24.1 Å². The summed E-state index contributed by atoms with van der Waals surface area (Å²) >= 11 is 6.60. The van der Waals surface area contributed by atoms with E-state index >= 15 is 0 Å². The maximum Gasteiger partial charge on any atom is 0.407 e. The number of amides is 2. The van der Waals surface area contributed by atoms with Crippen LogP contribution < -0.4 is 9.64 Å². The maximum absolute atomic E-state index is 13.2. The first-order valence-corrected chi connectivity index (χ1v) is 12.8. The van der Waals surface area contributed by atoms with E-state index in [9.17, 15) is 19.1 Å². The predicted octanol–water partition coefficient (Wildman–Crippen LogP) is 5.26. The van der Waals surface area contributed by atoms with Crippen LogP contribution in [0.4, 0.5) is 14.9 Å². The Morgan fingerprint density at radius 3 is 2.42 bits per heavy atom. The quantitative estimate of drug-likeness (QED) is 0.565. The third-order valence-electron chi connectivity index (χ3n) is 7.25. The lowest BCUT2D eigenvalue weighted by Gasteiger charge is -2.38. The highest BCUT2D eigenvalue weighted by atomic mass is 35.5. The van der Waals surface area contributed by atoms with Crippen LogP contribution >= 0.6 is 11.6 Å². The first-order valence-electron chi connectivity index (χ1n) is 12.4. The van der Waals surface area contributed by atoms with Gasteiger partial charge >= 0.3 is 6.09 Å². The largest absolute Gasteiger partial charge is 0.490 e. The molecule has 4 rings (SSSR count). The number of halogens is 2. The number of carbonyl (C=O) groups is 2. The van der Waals surface area contributed by atoms with Gasteiger partial charge in [0.15, 0.2) is 0 Å². The molecule has 2 amide bonds. The molecule has 0 spiro atoms. The van der Waals surface area contributed by atoms with Crippen LogP contribution in [0.25, 0.3) is 0 Å². The van der Waals surface area contributed by atoms with Gasteiger partial charge in [0, 0.05) is 55.9 Å². The first kappa shape index (κ1) is 26.2. The number of ether oxygens (including phenoxy) is 1. The first-order chi connectivity index (χ1) is 17.2. The normalized spacial score (nSPS) is 22.8. The molecule has 2 fully saturated rings. The summed E-state index contributed by atoms with van der Waals surface area (Å²) in [4.78, 5) is 29.8. The number of carboxylic acid groups (broad SMARTS) is 1. The molecule has 1 aliphatic heterocycles. The summed E-state index contributed by atoms with van der Waals surface area (Å²) in [6, 6.07) is 11.6. The van der Waals surface area contributed by atoms with E-state index in [1.807, 2.05) is 25.1 Å². The van der Waals surface area contributed by atoms with E-state index < -0.39 is 6.09 Å². The molecular weight excluding hydrogens is 485 g/mol. The molecule has 9 heteroatoms. The highest BCUT2D eigenvalue weighted by Crippen LogP contribution is 2.31. The summed E-state index contributed by atoms with van der Waals surface area (Å²) in [5.74, 6) is 0.350. The summed E-state index contributed by atoms with van der Waals surface area (Å²) in [6.45, 7) is 4.32. The Morgan fingerprint density at radius 1 is 1.11 bits per heavy atom. The molecule has 2 aromatic rings. The van der Waals surface area contributed by atoms with Gasteiger partial charge in [-0.25, -0.2) is 9.18 Å². The molecule has 1 N–H and O–H groups in total. The zero-order chi connectivity index (χ0) is 25.8. The fraction of sp³-hybridized carbons (Fsp3) is 0.481. The minimum absolute atomic E-state index is 0.0265. The van der Waals surface area contributed by atoms with Crippen molar-refractivity contribution in [3.63, 3.8) is 0 Å². The average Bonchev–Trinajstić information content (AvgIpc) is 2.86. The minimum Gasteiger partial charge on any atom is -0.490 e. The Morgan fingerprint density at radius 2 is 1.81 bits per heavy atom. The van der Waals surface area contributed by atoms with Crippen LogP contribution in [-0.4, -0.2) is 65.7 Å². The average molecular weight is 518 g/mol. The molecule has 1 saturated heterocycles. The number of piperazine rings is 1. The van der Waals surface area contributed by atoms with Gasteiger partial charge in [0.05, 0.1) is 6.10 Å². The van der Waals surface area contributed by atoms with Gasteiger partial charge in [0.2, 0.25) is 5.91 Å². The zero-order valence-corrected chi connectivity index (χ0v) is 21.5. The fourth-order valence-corrected chi connectivity index (χ4v) is 5.34. The van der Waals surface area contributed by atoms with Crippen LogP contribution in [0.5, 0.6) is 5.75 Å². The monoisotopic (exact) mass is 517 g/mol. The van der Waals surface area contributed by atoms with Gasteiger partial charge in [0.25, 0.3) is 0 Å². The summed E-state index contributed by atoms with van der Waals surface area (Å²) in [6.07, 6.45) is 2.16. The molecule has 2 aliphatic rings. The van der Waals surface area contributed by atoms with Crippen molar-refractivity contribution < 1.29 is 23.8 Å². The molecular formula is C27H33ClFN3O4. The molecule has 1 saturated carbocycles. The van der Waals surface area contributed by atoms with E-state index in [4.69, 9.17) is 16.3 Å². The van der Waals surface area contributed by atoms with E-state index in [0.717, 1.165) is 36.9 Å². The van der Waals surface area contributed by atoms with E-state index in [-0.39, 0.29) is 29.8 Å². The van der Waals surface area contributed by atoms with E-state index in [0.29, 0.717) is 37.0 Å². The molecule has 1 atom stereocenters. The molecule has 1 aliphatic carbocycles. The SMILES string of the molecule is C[C@H]1CN(Cc2ccc(N(C)C(=O)C3CCC(Oc4ccc(F)cc4)CC3)cc2Cl)CCN1C(=O)O. The Hall–Kier alpha value is -2.84. The second-order valence-electron chi connectivity index (χ2n) is 9.78. The van der Waals surface area contributed by atoms with Gasteiger partial charge in [-0.05, 0) is 74.6 Å². The van der Waals surface area contributed by atoms with Crippen LogP contribution in [0, 0.1) is 11.7 Å². The van der Waals surface area contributed by atoms with Crippen molar-refractivity contribution in [3.8, 4) is 5.75 Å². The number of hydrogen-bond donors (Lipinski definition) is 1. The number of rotatable bonds is 6. The maximum atomic E-state index is 13.2. The van der Waals surface area contributed by atoms with Crippen LogP contribution in [0.15, 0.2) is 42.5 Å². The predicted molar refractivity (Wildman–Crippen MR) is 137 cm³/mol. The molecule has 0 aromatic heterocycles. The third kappa shape index (κ3) is 6.28. The highest BCUT2D eigenvalue weighted by Gasteiger charge is 2.30. The number of nitrogens with zero attached hydrogens (tertiary/aromatic N) is 3. The standard InChI is InChI=1S/C27H33ClFN3O4/c1-18-16-31(13-14-32(18)27(34)35)17-20-3-8-22(15-25(20)28)30(2)26(33)19-4-9-23(10-5-19)36-24-11-6-21(29)7-12-24/h3,6-8,11-12,15,18-19,23H,4-5,9-10,13-14,16-17H2,1-2H3,(H,34,35)/t18-,19?,23?/m0/s1. The summed E-state index contributed by atoms with van der Waals surface area (Å²) in [7, 11) is 1.78. The van der Waals surface area contributed by atoms with Crippen molar-refractivity contribution in [2.24, 2.45) is 5.92 Å². The lowest BCUT2D eigenvalue weighted by atomic mass is 9.86. The molecule has 36 heavy (non-hydrogen) atoms. The molecule has 2 aromatic carbocycles. The topological polar surface area (TPSA) is 73.3 Å². The number of carbonyl (C=O) groups excluding carboxylic acids is 1. The lowest BCUT2D eigenvalue weighted by molar-refractivity contribution is -0.123. The van der Waals surface area contributed by atoms with Crippen molar-refractivity contribution in [1.82, 2.24) is 9.80 Å². The Balaban J connectivity index is 1.29. The van der Waals surface area contributed by atoms with E-state index in [2.05, 4.69) is 4.90 Å². The van der Waals surface area contributed by atoms with Gasteiger partial charge in [-0.1, -0.05) is 17.7 Å². The molecule has 1 heterocycles. The second kappa shape index (κ2) is 11.5. The van der Waals surface area contributed by atoms with Crippen molar-refractivity contribution >= 4 is 29.3 Å². The van der Waals surface area contributed by atoms with Gasteiger partial charge in [-0.3, -0.25) is 9.69 Å². The number of anilines is 1. The zero-order valence-electron chi connectivity index (χ0n) is 20.7. The number of hydrogen-bond acceptors (Lipinski definition) is 4. The van der Waals surface area contributed by atoms with Crippen molar-refractivity contribution in [3.05, 3.63) is 58.9 Å². The molecule has 0 bridgehead atoms. The Labute approximate surface area is 216 Å². The van der Waals surface area contributed by atoms with E-state index in [1.165, 1.54) is 17.0 Å². The highest BCUT2D eigenvalue weighted by molar-refractivity contribution is 6.31. The van der Waals surface area contributed by atoms with Crippen LogP contribution in [0.2, 0.25) is 5.02 Å². The molecule has 0 unspecified atom stereocenters. The minimum atomic E-state index is -0.883. The smallest absolute Gasteiger partial charge is 0.407 e. The summed E-state index contributed by atoms with van der Waals surface area (Å²) < 4.78 is 19.1. The molecule has 7 nitrogen and oxygen atoms in total. The number of benzene rings is 2. The van der Waals surface area contributed by atoms with Gasteiger partial charge < -0.3 is 19.6 Å².